The van der Waals surface area contributed by atoms with Gasteiger partial charge >= 0.3 is 0 Å². The van der Waals surface area contributed by atoms with E-state index in [4.69, 9.17) is 14.2 Å². The maximum Gasteiger partial charge on any atom is 0.187 e. The van der Waals surface area contributed by atoms with Gasteiger partial charge in [-0.25, -0.2) is 0 Å². The number of hydrogen-bond acceptors (Lipinski definition) is 12. The first-order valence-electron chi connectivity index (χ1n) is 11.6. The summed E-state index contributed by atoms with van der Waals surface area (Å²) in [6, 6.07) is 0. The lowest BCUT2D eigenvalue weighted by Gasteiger charge is -2.51. The van der Waals surface area contributed by atoms with Crippen LogP contribution in [0.1, 0.15) is 32.1 Å². The van der Waals surface area contributed by atoms with Crippen LogP contribution in [0, 0.1) is 11.8 Å². The van der Waals surface area contributed by atoms with E-state index in [1.807, 2.05) is 0 Å². The molecule has 4 aliphatic rings. The topological polar surface area (TPSA) is 210 Å². The number of ether oxygens (including phenoxy) is 3. The zero-order valence-electron chi connectivity index (χ0n) is 18.2. The Bertz CT molecular complexity index is 639. The second-order valence-electron chi connectivity index (χ2n) is 9.96. The van der Waals surface area contributed by atoms with Crippen LogP contribution < -0.4 is 0 Å². The van der Waals surface area contributed by atoms with Crippen LogP contribution in [0.5, 0.6) is 0 Å². The van der Waals surface area contributed by atoms with E-state index >= 15 is 0 Å². The Morgan fingerprint density at radius 1 is 0.667 bits per heavy atom. The Kier molecular flexibility index (Phi) is 7.95. The van der Waals surface area contributed by atoms with Gasteiger partial charge in [0.05, 0.1) is 49.3 Å². The molecule has 0 aromatic rings. The summed E-state index contributed by atoms with van der Waals surface area (Å²) in [5.74, 6) is -0.839. The van der Waals surface area contributed by atoms with Crippen molar-refractivity contribution in [3.8, 4) is 0 Å². The Labute approximate surface area is 191 Å². The summed E-state index contributed by atoms with van der Waals surface area (Å²) in [5, 5.41) is 90.9. The molecule has 4 fully saturated rings. The molecule has 0 aromatic carbocycles. The molecule has 13 atom stereocenters. The molecule has 12 heteroatoms. The van der Waals surface area contributed by atoms with Crippen LogP contribution in [0.4, 0.5) is 0 Å². The highest BCUT2D eigenvalue weighted by Crippen LogP contribution is 2.43. The Balaban J connectivity index is 1.56. The van der Waals surface area contributed by atoms with Crippen molar-refractivity contribution in [3.63, 3.8) is 0 Å². The predicted octanol–water partition coefficient (Wildman–Crippen LogP) is -4.05. The molecular weight excluding hydrogens is 444 g/mol. The highest BCUT2D eigenvalue weighted by atomic mass is 16.7. The third-order valence-corrected chi connectivity index (χ3v) is 7.69. The molecule has 8 unspecified atom stereocenters. The fraction of sp³-hybridized carbons (Fsp3) is 1.00. The molecular formula is C21H36O12. The van der Waals surface area contributed by atoms with E-state index in [0.717, 1.165) is 0 Å². The summed E-state index contributed by atoms with van der Waals surface area (Å²) in [6.45, 7) is -0.615. The molecule has 0 spiro atoms. The first-order chi connectivity index (χ1) is 15.6. The van der Waals surface area contributed by atoms with Crippen molar-refractivity contribution in [1.82, 2.24) is 0 Å². The van der Waals surface area contributed by atoms with E-state index in [0.29, 0.717) is 6.42 Å². The number of hydrogen-bond donors (Lipinski definition) is 9. The summed E-state index contributed by atoms with van der Waals surface area (Å²) in [7, 11) is 0. The lowest BCUT2D eigenvalue weighted by Crippen LogP contribution is -2.62. The molecule has 33 heavy (non-hydrogen) atoms. The van der Waals surface area contributed by atoms with Crippen molar-refractivity contribution < 1.29 is 60.2 Å². The second kappa shape index (κ2) is 10.2. The van der Waals surface area contributed by atoms with E-state index in [1.165, 1.54) is 0 Å². The van der Waals surface area contributed by atoms with Crippen LogP contribution in [0.2, 0.25) is 0 Å². The molecule has 2 aliphatic carbocycles. The van der Waals surface area contributed by atoms with Crippen LogP contribution in [0.25, 0.3) is 0 Å². The molecule has 0 aromatic heterocycles. The second-order valence-corrected chi connectivity index (χ2v) is 9.96. The normalized spacial score (nSPS) is 55.7. The van der Waals surface area contributed by atoms with E-state index in [2.05, 4.69) is 0 Å². The molecule has 192 valence electrons. The average Bonchev–Trinajstić information content (AvgIpc) is 2.77. The Morgan fingerprint density at radius 2 is 1.33 bits per heavy atom. The van der Waals surface area contributed by atoms with Gasteiger partial charge < -0.3 is 60.2 Å². The molecule has 2 saturated heterocycles. The molecule has 9 N–H and O–H groups in total. The van der Waals surface area contributed by atoms with Crippen LogP contribution in [0.3, 0.4) is 0 Å². The molecule has 2 aliphatic heterocycles. The standard InChI is InChI=1S/C21H36O12/c22-6-15-17(28)18(29)19(30)21(33-15)32-14-5-9-10(24)3-8(23)4-13(9)31-20(14)7-1-11(25)16(27)12(26)2-7/h7-30H,1-6H2/t7?,8?,9?,10?,11?,12?,13?,14?,15-,16?,17+,18+,19-,20?,21+/m1/s1. The van der Waals surface area contributed by atoms with Gasteiger partial charge in [-0.15, -0.1) is 0 Å². The van der Waals surface area contributed by atoms with E-state index in [1.54, 1.807) is 0 Å². The lowest BCUT2D eigenvalue weighted by atomic mass is 9.72. The van der Waals surface area contributed by atoms with Crippen molar-refractivity contribution >= 4 is 0 Å². The first-order valence-corrected chi connectivity index (χ1v) is 11.6. The molecule has 0 amide bonds. The Hall–Kier alpha value is -0.480. The third-order valence-electron chi connectivity index (χ3n) is 7.69. The maximum absolute atomic E-state index is 10.5. The van der Waals surface area contributed by atoms with Crippen molar-refractivity contribution in [2.45, 2.75) is 112 Å². The number of fused-ring (bicyclic) bond motifs is 1. The monoisotopic (exact) mass is 480 g/mol. The van der Waals surface area contributed by atoms with Crippen LogP contribution in [-0.2, 0) is 14.2 Å². The zero-order chi connectivity index (χ0) is 24.0. The minimum Gasteiger partial charge on any atom is -0.394 e. The lowest BCUT2D eigenvalue weighted by molar-refractivity contribution is -0.333. The number of aliphatic hydroxyl groups is 9. The van der Waals surface area contributed by atoms with Crippen LogP contribution in [-0.4, -0.2) is 132 Å². The minimum absolute atomic E-state index is 0.111. The fourth-order valence-electron chi connectivity index (χ4n) is 5.82. The number of aliphatic hydroxyl groups excluding tert-OH is 9. The molecule has 2 heterocycles. The van der Waals surface area contributed by atoms with Crippen molar-refractivity contribution in [1.29, 1.82) is 0 Å². The SMILES string of the molecule is OC[C@H]1O[C@H](OC2CC3C(O)CC(O)CC3OC2C2CC(O)C(O)C(O)C2)[C@H](O)[C@@H](O)[C@H]1O. The predicted molar refractivity (Wildman–Crippen MR) is 107 cm³/mol. The molecule has 2 saturated carbocycles. The summed E-state index contributed by atoms with van der Waals surface area (Å²) < 4.78 is 17.7. The van der Waals surface area contributed by atoms with Gasteiger partial charge in [0, 0.05) is 5.92 Å². The fourth-order valence-corrected chi connectivity index (χ4v) is 5.82. The highest BCUT2D eigenvalue weighted by molar-refractivity contribution is 5.00. The van der Waals surface area contributed by atoms with Gasteiger partial charge in [0.25, 0.3) is 0 Å². The molecule has 12 nitrogen and oxygen atoms in total. The molecule has 4 rings (SSSR count). The van der Waals surface area contributed by atoms with Gasteiger partial charge in [0.15, 0.2) is 6.29 Å². The van der Waals surface area contributed by atoms with Gasteiger partial charge in [-0.3, -0.25) is 0 Å². The quantitative estimate of drug-likeness (QED) is 0.188. The van der Waals surface area contributed by atoms with Gasteiger partial charge in [-0.1, -0.05) is 0 Å². The van der Waals surface area contributed by atoms with E-state index < -0.39 is 92.1 Å². The summed E-state index contributed by atoms with van der Waals surface area (Å²) in [5.41, 5.74) is 0. The smallest absolute Gasteiger partial charge is 0.187 e. The zero-order valence-corrected chi connectivity index (χ0v) is 18.2. The summed E-state index contributed by atoms with van der Waals surface area (Å²) in [4.78, 5) is 0. The van der Waals surface area contributed by atoms with Gasteiger partial charge in [0.2, 0.25) is 0 Å². The average molecular weight is 481 g/mol. The number of rotatable bonds is 4. The van der Waals surface area contributed by atoms with Gasteiger partial charge in [-0.05, 0) is 38.0 Å². The van der Waals surface area contributed by atoms with E-state index in [-0.39, 0.29) is 31.6 Å². The third kappa shape index (κ3) is 5.08. The van der Waals surface area contributed by atoms with Crippen LogP contribution >= 0.6 is 0 Å². The van der Waals surface area contributed by atoms with Gasteiger partial charge in [-0.2, -0.15) is 0 Å². The van der Waals surface area contributed by atoms with Crippen LogP contribution in [0.15, 0.2) is 0 Å². The summed E-state index contributed by atoms with van der Waals surface area (Å²) >= 11 is 0. The van der Waals surface area contributed by atoms with Crippen molar-refractivity contribution in [2.24, 2.45) is 11.8 Å². The van der Waals surface area contributed by atoms with E-state index in [9.17, 15) is 46.0 Å². The highest BCUT2D eigenvalue weighted by Gasteiger charge is 2.52. The first kappa shape index (κ1) is 25.6. The summed E-state index contributed by atoms with van der Waals surface area (Å²) in [6.07, 6.45) is -13.7. The Morgan fingerprint density at radius 3 is 1.97 bits per heavy atom. The van der Waals surface area contributed by atoms with Crippen molar-refractivity contribution in [2.75, 3.05) is 6.61 Å². The minimum atomic E-state index is -1.62. The molecule has 0 bridgehead atoms. The van der Waals surface area contributed by atoms with Gasteiger partial charge in [0.1, 0.15) is 30.5 Å². The maximum atomic E-state index is 10.5. The molecule has 0 radical (unpaired) electrons. The van der Waals surface area contributed by atoms with Crippen molar-refractivity contribution in [3.05, 3.63) is 0 Å². The largest absolute Gasteiger partial charge is 0.394 e.